The van der Waals surface area contributed by atoms with E-state index in [1.165, 1.54) is 11.3 Å². The van der Waals surface area contributed by atoms with Crippen molar-refractivity contribution in [1.82, 2.24) is 19.7 Å². The van der Waals surface area contributed by atoms with Gasteiger partial charge in [0, 0.05) is 39.6 Å². The van der Waals surface area contributed by atoms with Crippen LogP contribution in [-0.4, -0.2) is 46.4 Å². The van der Waals surface area contributed by atoms with Gasteiger partial charge in [0.25, 0.3) is 0 Å². The second-order valence-corrected chi connectivity index (χ2v) is 6.59. The number of aromatic nitrogens is 4. The van der Waals surface area contributed by atoms with Crippen molar-refractivity contribution in [3.63, 3.8) is 0 Å². The van der Waals surface area contributed by atoms with Crippen molar-refractivity contribution >= 4 is 22.7 Å². The third-order valence-corrected chi connectivity index (χ3v) is 4.96. The van der Waals surface area contributed by atoms with Crippen LogP contribution in [0.3, 0.4) is 0 Å². The molecule has 3 heterocycles. The maximum atomic E-state index is 4.75. The molecule has 1 unspecified atom stereocenters. The van der Waals surface area contributed by atoms with Gasteiger partial charge in [-0.05, 0) is 25.0 Å². The topological polar surface area (TPSA) is 50.1 Å². The molecule has 1 aliphatic heterocycles. The molecule has 0 bridgehead atoms. The van der Waals surface area contributed by atoms with E-state index in [4.69, 9.17) is 4.98 Å². The summed E-state index contributed by atoms with van der Waals surface area (Å²) in [6.45, 7) is 6.95. The lowest BCUT2D eigenvalue weighted by atomic mass is 9.97. The lowest BCUT2D eigenvalue weighted by Gasteiger charge is -2.38. The summed E-state index contributed by atoms with van der Waals surface area (Å²) in [6.07, 6.45) is 2.89. The van der Waals surface area contributed by atoms with Gasteiger partial charge in [0.05, 0.1) is 17.1 Å². The van der Waals surface area contributed by atoms with Gasteiger partial charge in [0.2, 0.25) is 5.95 Å². The summed E-state index contributed by atoms with van der Waals surface area (Å²) >= 11 is 0. The second kappa shape index (κ2) is 7.32. The highest BCUT2D eigenvalue weighted by molar-refractivity contribution is 5.78. The normalized spacial score (nSPS) is 16.1. The molecule has 0 fully saturated rings. The fourth-order valence-electron chi connectivity index (χ4n) is 3.57. The SMILES string of the molecule is CC.Cc1nn(C)c2nc(N(C)C3Cc4ccccc4N(C)C3)ncc12. The number of likely N-dealkylation sites (N-methyl/N-ethyl adjacent to an activating group) is 2. The van der Waals surface area contributed by atoms with Crippen LogP contribution < -0.4 is 9.80 Å². The van der Waals surface area contributed by atoms with Crippen LogP contribution in [0.2, 0.25) is 0 Å². The van der Waals surface area contributed by atoms with E-state index in [-0.39, 0.29) is 0 Å². The Hall–Kier alpha value is -2.63. The minimum absolute atomic E-state index is 0.344. The van der Waals surface area contributed by atoms with Gasteiger partial charge in [-0.25, -0.2) is 4.98 Å². The van der Waals surface area contributed by atoms with Crippen molar-refractivity contribution in [2.75, 3.05) is 30.4 Å². The van der Waals surface area contributed by atoms with E-state index in [1.54, 1.807) is 0 Å². The lowest BCUT2D eigenvalue weighted by molar-refractivity contribution is 0.584. The number of hydrogen-bond donors (Lipinski definition) is 0. The molecule has 1 aliphatic rings. The number of hydrogen-bond acceptors (Lipinski definition) is 5. The van der Waals surface area contributed by atoms with Crippen LogP contribution in [0.4, 0.5) is 11.6 Å². The van der Waals surface area contributed by atoms with Crippen LogP contribution in [0, 0.1) is 6.92 Å². The van der Waals surface area contributed by atoms with E-state index >= 15 is 0 Å². The van der Waals surface area contributed by atoms with Crippen LogP contribution in [0.15, 0.2) is 30.5 Å². The summed E-state index contributed by atoms with van der Waals surface area (Å²) in [5, 5.41) is 5.45. The Bertz CT molecular complexity index is 900. The monoisotopic (exact) mass is 352 g/mol. The third kappa shape index (κ3) is 3.11. The largest absolute Gasteiger partial charge is 0.372 e. The molecule has 1 atom stereocenters. The molecule has 0 radical (unpaired) electrons. The number of para-hydroxylation sites is 1. The average Bonchev–Trinajstić information content (AvgIpc) is 2.96. The molecule has 0 N–H and O–H groups in total. The number of anilines is 2. The van der Waals surface area contributed by atoms with Crippen molar-refractivity contribution in [3.05, 3.63) is 41.7 Å². The summed E-state index contributed by atoms with van der Waals surface area (Å²) in [7, 11) is 6.15. The van der Waals surface area contributed by atoms with Gasteiger partial charge in [-0.3, -0.25) is 4.68 Å². The highest BCUT2D eigenvalue weighted by Gasteiger charge is 2.26. The molecule has 6 nitrogen and oxygen atoms in total. The molecule has 4 rings (SSSR count). The van der Waals surface area contributed by atoms with Crippen LogP contribution in [0.5, 0.6) is 0 Å². The summed E-state index contributed by atoms with van der Waals surface area (Å²) in [5.41, 5.74) is 4.54. The van der Waals surface area contributed by atoms with Crippen LogP contribution in [-0.2, 0) is 13.5 Å². The Morgan fingerprint density at radius 1 is 1.15 bits per heavy atom. The van der Waals surface area contributed by atoms with Gasteiger partial charge < -0.3 is 9.80 Å². The van der Waals surface area contributed by atoms with Gasteiger partial charge in [-0.1, -0.05) is 32.0 Å². The fourth-order valence-corrected chi connectivity index (χ4v) is 3.57. The average molecular weight is 352 g/mol. The number of fused-ring (bicyclic) bond motifs is 2. The van der Waals surface area contributed by atoms with Gasteiger partial charge in [-0.2, -0.15) is 10.1 Å². The molecule has 2 aromatic heterocycles. The van der Waals surface area contributed by atoms with Crippen LogP contribution >= 0.6 is 0 Å². The van der Waals surface area contributed by atoms with E-state index in [0.29, 0.717) is 6.04 Å². The Balaban J connectivity index is 0.000000948. The van der Waals surface area contributed by atoms with Crippen molar-refractivity contribution in [2.24, 2.45) is 7.05 Å². The minimum atomic E-state index is 0.344. The predicted molar refractivity (Wildman–Crippen MR) is 108 cm³/mol. The van der Waals surface area contributed by atoms with Crippen LogP contribution in [0.1, 0.15) is 25.1 Å². The Labute approximate surface area is 155 Å². The summed E-state index contributed by atoms with van der Waals surface area (Å²) in [5.74, 6) is 0.753. The Morgan fingerprint density at radius 3 is 2.65 bits per heavy atom. The second-order valence-electron chi connectivity index (χ2n) is 6.59. The summed E-state index contributed by atoms with van der Waals surface area (Å²) < 4.78 is 1.83. The molecule has 0 aliphatic carbocycles. The van der Waals surface area contributed by atoms with Crippen molar-refractivity contribution in [1.29, 1.82) is 0 Å². The number of nitrogens with zero attached hydrogens (tertiary/aromatic N) is 6. The van der Waals surface area contributed by atoms with E-state index in [9.17, 15) is 0 Å². The summed E-state index contributed by atoms with van der Waals surface area (Å²) in [4.78, 5) is 13.8. The highest BCUT2D eigenvalue weighted by atomic mass is 15.3. The third-order valence-electron chi connectivity index (χ3n) is 4.96. The molecular formula is C20H28N6. The molecule has 1 aromatic carbocycles. The van der Waals surface area contributed by atoms with Crippen molar-refractivity contribution in [3.8, 4) is 0 Å². The molecule has 138 valence electrons. The highest BCUT2D eigenvalue weighted by Crippen LogP contribution is 2.28. The number of benzene rings is 1. The van der Waals surface area contributed by atoms with E-state index in [0.717, 1.165) is 35.6 Å². The summed E-state index contributed by atoms with van der Waals surface area (Å²) in [6, 6.07) is 8.95. The zero-order chi connectivity index (χ0) is 18.8. The maximum absolute atomic E-state index is 4.75. The molecule has 0 amide bonds. The van der Waals surface area contributed by atoms with Gasteiger partial charge in [-0.15, -0.1) is 0 Å². The standard InChI is InChI=1S/C18H22N6.C2H6/c1-12-15-10-19-18(20-17(15)24(4)21-12)23(3)14-9-13-7-5-6-8-16(13)22(2)11-14;1-2/h5-8,10,14H,9,11H2,1-4H3;1-2H3. The van der Waals surface area contributed by atoms with E-state index in [2.05, 4.69) is 58.2 Å². The molecular weight excluding hydrogens is 324 g/mol. The first-order valence-electron chi connectivity index (χ1n) is 9.23. The fraction of sp³-hybridized carbons (Fsp3) is 0.450. The number of rotatable bonds is 2. The predicted octanol–water partition coefficient (Wildman–Crippen LogP) is 3.20. The smallest absolute Gasteiger partial charge is 0.227 e. The van der Waals surface area contributed by atoms with E-state index < -0.39 is 0 Å². The molecule has 0 saturated heterocycles. The van der Waals surface area contributed by atoms with Gasteiger partial charge in [0.1, 0.15) is 0 Å². The van der Waals surface area contributed by atoms with Gasteiger partial charge in [0.15, 0.2) is 5.65 Å². The molecule has 0 saturated carbocycles. The molecule has 6 heteroatoms. The Kier molecular flexibility index (Phi) is 5.11. The molecule has 26 heavy (non-hydrogen) atoms. The number of aryl methyl sites for hydroxylation is 2. The van der Waals surface area contributed by atoms with Crippen LogP contribution in [0.25, 0.3) is 11.0 Å². The quantitative estimate of drug-likeness (QED) is 0.709. The minimum Gasteiger partial charge on any atom is -0.372 e. The zero-order valence-electron chi connectivity index (χ0n) is 16.6. The van der Waals surface area contributed by atoms with E-state index in [1.807, 2.05) is 38.7 Å². The first-order chi connectivity index (χ1) is 12.5. The van der Waals surface area contributed by atoms with Gasteiger partial charge >= 0.3 is 0 Å². The first-order valence-corrected chi connectivity index (χ1v) is 9.23. The molecule has 3 aromatic rings. The maximum Gasteiger partial charge on any atom is 0.227 e. The van der Waals surface area contributed by atoms with Crippen molar-refractivity contribution in [2.45, 2.75) is 33.2 Å². The zero-order valence-corrected chi connectivity index (χ0v) is 16.6. The molecule has 0 spiro atoms. The lowest BCUT2D eigenvalue weighted by Crippen LogP contribution is -2.46. The van der Waals surface area contributed by atoms with Crippen molar-refractivity contribution < 1.29 is 0 Å². The first kappa shape index (κ1) is 18.2. The Morgan fingerprint density at radius 2 is 1.88 bits per heavy atom.